The van der Waals surface area contributed by atoms with Gasteiger partial charge < -0.3 is 9.40 Å². The van der Waals surface area contributed by atoms with E-state index < -0.39 is 0 Å². The topological polar surface area (TPSA) is 28.9 Å². The Balaban J connectivity index is 1.39. The summed E-state index contributed by atoms with van der Waals surface area (Å²) in [6, 6.07) is 47.3. The zero-order valence-corrected chi connectivity index (χ0v) is 20.6. The quantitative estimate of drug-likeness (QED) is 0.265. The van der Waals surface area contributed by atoms with Gasteiger partial charge in [0.15, 0.2) is 0 Å². The highest BCUT2D eigenvalue weighted by molar-refractivity contribution is 6.15. The number of benzene rings is 6. The van der Waals surface area contributed by atoms with Crippen molar-refractivity contribution in [2.45, 2.75) is 0 Å². The molecule has 0 amide bonds. The maximum absolute atomic E-state index is 6.18. The van der Waals surface area contributed by atoms with Gasteiger partial charge in [0.05, 0.1) is 5.52 Å². The molecule has 0 unspecified atom stereocenters. The Kier molecular flexibility index (Phi) is 4.55. The third kappa shape index (κ3) is 3.21. The molecule has 0 radical (unpaired) electrons. The predicted octanol–water partition coefficient (Wildman–Crippen LogP) is 10.2. The van der Waals surface area contributed by atoms with Gasteiger partial charge in [0.25, 0.3) is 0 Å². The van der Waals surface area contributed by atoms with Gasteiger partial charge in [0, 0.05) is 32.6 Å². The molecule has 178 valence electrons. The summed E-state index contributed by atoms with van der Waals surface area (Å²) >= 11 is 0. The Hall–Kier alpha value is -5.08. The summed E-state index contributed by atoms with van der Waals surface area (Å²) in [6.45, 7) is 0. The van der Waals surface area contributed by atoms with E-state index in [2.05, 4.69) is 126 Å². The number of nitrogens with one attached hydrogen (secondary N) is 1. The van der Waals surface area contributed by atoms with Crippen LogP contribution in [0.3, 0.4) is 0 Å². The minimum absolute atomic E-state index is 0.915. The van der Waals surface area contributed by atoms with Gasteiger partial charge in [-0.25, -0.2) is 0 Å². The zero-order chi connectivity index (χ0) is 25.1. The van der Waals surface area contributed by atoms with Gasteiger partial charge in [-0.05, 0) is 64.2 Å². The van der Waals surface area contributed by atoms with Crippen LogP contribution in [0.25, 0.3) is 77.1 Å². The van der Waals surface area contributed by atoms with Crippen LogP contribution in [-0.4, -0.2) is 4.98 Å². The van der Waals surface area contributed by atoms with Crippen LogP contribution in [0.5, 0.6) is 0 Å². The third-order valence-electron chi connectivity index (χ3n) is 7.61. The standard InChI is InChI=1S/C36H23NO/c1-2-10-23(11-3-1)26-21-30(36-31(22-26)28-14-4-6-17-32(28)37-36)25-13-8-12-24(20-25)27-16-9-19-34-35(27)29-15-5-7-18-33(29)38-34/h1-22,37H. The van der Waals surface area contributed by atoms with Crippen molar-refractivity contribution in [1.82, 2.24) is 4.98 Å². The number of rotatable bonds is 3. The molecule has 2 nitrogen and oxygen atoms in total. The first-order valence-electron chi connectivity index (χ1n) is 12.9. The summed E-state index contributed by atoms with van der Waals surface area (Å²) in [4.78, 5) is 3.72. The van der Waals surface area contributed by atoms with Crippen molar-refractivity contribution in [3.05, 3.63) is 133 Å². The first-order chi connectivity index (χ1) is 18.8. The van der Waals surface area contributed by atoms with E-state index in [1.807, 2.05) is 12.1 Å². The largest absolute Gasteiger partial charge is 0.456 e. The lowest BCUT2D eigenvalue weighted by molar-refractivity contribution is 0.669. The molecule has 0 bridgehead atoms. The highest BCUT2D eigenvalue weighted by Crippen LogP contribution is 2.41. The first-order valence-corrected chi connectivity index (χ1v) is 12.9. The van der Waals surface area contributed by atoms with Crippen molar-refractivity contribution in [3.8, 4) is 33.4 Å². The first kappa shape index (κ1) is 21.0. The van der Waals surface area contributed by atoms with Crippen molar-refractivity contribution in [2.24, 2.45) is 0 Å². The molecule has 6 aromatic carbocycles. The van der Waals surface area contributed by atoms with E-state index in [-0.39, 0.29) is 0 Å². The Labute approximate surface area is 219 Å². The predicted molar refractivity (Wildman–Crippen MR) is 159 cm³/mol. The van der Waals surface area contributed by atoms with Gasteiger partial charge in [0.1, 0.15) is 11.2 Å². The number of aromatic amines is 1. The van der Waals surface area contributed by atoms with E-state index in [0.29, 0.717) is 0 Å². The second-order valence-corrected chi connectivity index (χ2v) is 9.84. The van der Waals surface area contributed by atoms with E-state index in [0.717, 1.165) is 33.0 Å². The monoisotopic (exact) mass is 485 g/mol. The van der Waals surface area contributed by atoms with Crippen LogP contribution in [-0.2, 0) is 0 Å². The molecule has 0 spiro atoms. The number of hydrogen-bond donors (Lipinski definition) is 1. The van der Waals surface area contributed by atoms with Crippen LogP contribution in [0, 0.1) is 0 Å². The Morgan fingerprint density at radius 1 is 0.421 bits per heavy atom. The normalized spacial score (nSPS) is 11.7. The molecular formula is C36H23NO. The molecule has 1 N–H and O–H groups in total. The van der Waals surface area contributed by atoms with Crippen LogP contribution in [0.1, 0.15) is 0 Å². The van der Waals surface area contributed by atoms with Gasteiger partial charge in [-0.3, -0.25) is 0 Å². The average molecular weight is 486 g/mol. The van der Waals surface area contributed by atoms with Crippen molar-refractivity contribution in [3.63, 3.8) is 0 Å². The summed E-state index contributed by atoms with van der Waals surface area (Å²) < 4.78 is 6.18. The highest BCUT2D eigenvalue weighted by atomic mass is 16.3. The third-order valence-corrected chi connectivity index (χ3v) is 7.61. The molecule has 2 heteroatoms. The minimum atomic E-state index is 0.915. The molecule has 0 saturated heterocycles. The van der Waals surface area contributed by atoms with E-state index in [4.69, 9.17) is 4.42 Å². The smallest absolute Gasteiger partial charge is 0.136 e. The molecule has 8 rings (SSSR count). The number of furan rings is 1. The summed E-state index contributed by atoms with van der Waals surface area (Å²) in [5.41, 5.74) is 11.3. The average Bonchev–Trinajstić information content (AvgIpc) is 3.56. The second-order valence-electron chi connectivity index (χ2n) is 9.84. The zero-order valence-electron chi connectivity index (χ0n) is 20.6. The van der Waals surface area contributed by atoms with E-state index in [1.54, 1.807) is 0 Å². The van der Waals surface area contributed by atoms with Gasteiger partial charge >= 0.3 is 0 Å². The Morgan fingerprint density at radius 3 is 2.00 bits per heavy atom. The Bertz CT molecular complexity index is 2130. The summed E-state index contributed by atoms with van der Waals surface area (Å²) in [5.74, 6) is 0. The molecule has 2 aromatic heterocycles. The van der Waals surface area contributed by atoms with Crippen molar-refractivity contribution < 1.29 is 4.42 Å². The van der Waals surface area contributed by atoms with Crippen LogP contribution in [0.15, 0.2) is 138 Å². The van der Waals surface area contributed by atoms with E-state index in [1.165, 1.54) is 44.2 Å². The van der Waals surface area contributed by atoms with Crippen LogP contribution in [0.2, 0.25) is 0 Å². The Morgan fingerprint density at radius 2 is 1.11 bits per heavy atom. The molecule has 2 heterocycles. The van der Waals surface area contributed by atoms with E-state index >= 15 is 0 Å². The molecule has 0 aliphatic carbocycles. The van der Waals surface area contributed by atoms with Crippen molar-refractivity contribution in [1.29, 1.82) is 0 Å². The van der Waals surface area contributed by atoms with Crippen molar-refractivity contribution >= 4 is 43.7 Å². The van der Waals surface area contributed by atoms with E-state index in [9.17, 15) is 0 Å². The lowest BCUT2D eigenvalue weighted by Gasteiger charge is -2.11. The molecule has 0 fully saturated rings. The number of H-pyrrole nitrogens is 1. The molecule has 38 heavy (non-hydrogen) atoms. The fraction of sp³-hybridized carbons (Fsp3) is 0. The number of aromatic nitrogens is 1. The lowest BCUT2D eigenvalue weighted by Crippen LogP contribution is -1.86. The fourth-order valence-electron chi connectivity index (χ4n) is 5.85. The van der Waals surface area contributed by atoms with Gasteiger partial charge in [0.2, 0.25) is 0 Å². The summed E-state index contributed by atoms with van der Waals surface area (Å²) in [5, 5.41) is 4.79. The number of fused-ring (bicyclic) bond motifs is 6. The summed E-state index contributed by atoms with van der Waals surface area (Å²) in [7, 11) is 0. The maximum Gasteiger partial charge on any atom is 0.136 e. The minimum Gasteiger partial charge on any atom is -0.456 e. The van der Waals surface area contributed by atoms with Crippen LogP contribution >= 0.6 is 0 Å². The van der Waals surface area contributed by atoms with Crippen LogP contribution in [0.4, 0.5) is 0 Å². The molecule has 8 aromatic rings. The van der Waals surface area contributed by atoms with Gasteiger partial charge in [-0.15, -0.1) is 0 Å². The van der Waals surface area contributed by atoms with Gasteiger partial charge in [-0.2, -0.15) is 0 Å². The van der Waals surface area contributed by atoms with Gasteiger partial charge in [-0.1, -0.05) is 97.1 Å². The van der Waals surface area contributed by atoms with Crippen molar-refractivity contribution in [2.75, 3.05) is 0 Å². The fourth-order valence-corrected chi connectivity index (χ4v) is 5.85. The number of hydrogen-bond acceptors (Lipinski definition) is 1. The van der Waals surface area contributed by atoms with Crippen LogP contribution < -0.4 is 0 Å². The molecular weight excluding hydrogens is 462 g/mol. The second kappa shape index (κ2) is 8.22. The molecule has 0 saturated carbocycles. The lowest BCUT2D eigenvalue weighted by atomic mass is 9.92. The maximum atomic E-state index is 6.18. The highest BCUT2D eigenvalue weighted by Gasteiger charge is 2.15. The molecule has 0 aliphatic heterocycles. The summed E-state index contributed by atoms with van der Waals surface area (Å²) in [6.07, 6.45) is 0. The molecule has 0 atom stereocenters. The molecule has 0 aliphatic rings. The SMILES string of the molecule is c1ccc(-c2cc(-c3cccc(-c4cccc5oc6ccccc6c45)c3)c3[nH]c4ccccc4c3c2)cc1. The number of para-hydroxylation sites is 2.